The fourth-order valence-electron chi connectivity index (χ4n) is 1.62. The molecule has 92 valence electrons. The summed E-state index contributed by atoms with van der Waals surface area (Å²) in [5, 5.41) is 13.6. The number of hydrogen-bond donors (Lipinski definition) is 1. The van der Waals surface area contributed by atoms with Gasteiger partial charge in [0.05, 0.1) is 0 Å². The highest BCUT2D eigenvalue weighted by Crippen LogP contribution is 2.13. The highest BCUT2D eigenvalue weighted by molar-refractivity contribution is 7.09. The van der Waals surface area contributed by atoms with Crippen molar-refractivity contribution < 1.29 is 0 Å². The Morgan fingerprint density at radius 1 is 1.41 bits per heavy atom. The molecule has 0 aliphatic rings. The van der Waals surface area contributed by atoms with E-state index in [2.05, 4.69) is 33.0 Å². The van der Waals surface area contributed by atoms with Gasteiger partial charge < -0.3 is 10.2 Å². The predicted octanol–water partition coefficient (Wildman–Crippen LogP) is 1.60. The molecule has 0 saturated heterocycles. The molecule has 6 heteroatoms. The smallest absolute Gasteiger partial charge is 0.227 e. The van der Waals surface area contributed by atoms with Crippen molar-refractivity contribution in [3.63, 3.8) is 0 Å². The zero-order valence-electron chi connectivity index (χ0n) is 10.3. The van der Waals surface area contributed by atoms with Gasteiger partial charge in [-0.05, 0) is 17.9 Å². The Labute approximate surface area is 105 Å². The molecule has 17 heavy (non-hydrogen) atoms. The average molecular weight is 251 g/mol. The molecule has 0 radical (unpaired) electrons. The van der Waals surface area contributed by atoms with Gasteiger partial charge in [-0.25, -0.2) is 0 Å². The maximum absolute atomic E-state index is 4.12. The first kappa shape index (κ1) is 11.9. The molecule has 2 heterocycles. The second kappa shape index (κ2) is 5.18. The van der Waals surface area contributed by atoms with E-state index in [0.29, 0.717) is 0 Å². The van der Waals surface area contributed by atoms with Crippen LogP contribution in [0.4, 0.5) is 11.9 Å². The molecule has 0 aromatic carbocycles. The quantitative estimate of drug-likeness (QED) is 0.876. The third kappa shape index (κ3) is 2.76. The molecule has 0 amide bonds. The standard InChI is InChI=1S/C11H17N5S/c1-15(2)11-14-13-10(16(11)3)12-7-6-9-5-4-8-17-9/h4-5,8H,6-7H2,1-3H3,(H,12,13). The first-order valence-electron chi connectivity index (χ1n) is 5.51. The first-order valence-corrected chi connectivity index (χ1v) is 6.39. The summed E-state index contributed by atoms with van der Waals surface area (Å²) in [7, 11) is 5.88. The first-order chi connectivity index (χ1) is 8.18. The van der Waals surface area contributed by atoms with Crippen LogP contribution in [0.15, 0.2) is 17.5 Å². The molecule has 0 aliphatic carbocycles. The van der Waals surface area contributed by atoms with E-state index >= 15 is 0 Å². The van der Waals surface area contributed by atoms with Gasteiger partial charge in [0.1, 0.15) is 0 Å². The molecule has 1 N–H and O–H groups in total. The van der Waals surface area contributed by atoms with Gasteiger partial charge in [-0.3, -0.25) is 4.57 Å². The van der Waals surface area contributed by atoms with E-state index in [-0.39, 0.29) is 0 Å². The van der Waals surface area contributed by atoms with Gasteiger partial charge in [0.25, 0.3) is 0 Å². The summed E-state index contributed by atoms with van der Waals surface area (Å²) in [5.41, 5.74) is 0. The van der Waals surface area contributed by atoms with E-state index in [1.807, 2.05) is 30.6 Å². The Bertz CT molecular complexity index is 460. The summed E-state index contributed by atoms with van der Waals surface area (Å²) in [6.07, 6.45) is 1.02. The van der Waals surface area contributed by atoms with E-state index in [0.717, 1.165) is 24.9 Å². The highest BCUT2D eigenvalue weighted by atomic mass is 32.1. The van der Waals surface area contributed by atoms with Crippen LogP contribution in [0.25, 0.3) is 0 Å². The molecule has 0 saturated carbocycles. The van der Waals surface area contributed by atoms with E-state index in [9.17, 15) is 0 Å². The fraction of sp³-hybridized carbons (Fsp3) is 0.455. The molecule has 2 aromatic heterocycles. The van der Waals surface area contributed by atoms with Crippen molar-refractivity contribution in [2.75, 3.05) is 30.9 Å². The van der Waals surface area contributed by atoms with Crippen LogP contribution in [-0.2, 0) is 13.5 Å². The van der Waals surface area contributed by atoms with Crippen LogP contribution in [0.2, 0.25) is 0 Å². The normalized spacial score (nSPS) is 10.5. The Hall–Kier alpha value is -1.56. The molecule has 0 spiro atoms. The monoisotopic (exact) mass is 251 g/mol. The van der Waals surface area contributed by atoms with Crippen molar-refractivity contribution in [1.82, 2.24) is 14.8 Å². The molecule has 5 nitrogen and oxygen atoms in total. The van der Waals surface area contributed by atoms with Crippen LogP contribution >= 0.6 is 11.3 Å². The van der Waals surface area contributed by atoms with Crippen LogP contribution in [0.3, 0.4) is 0 Å². The molecule has 0 bridgehead atoms. The van der Waals surface area contributed by atoms with Gasteiger partial charge in [-0.15, -0.1) is 21.5 Å². The maximum atomic E-state index is 4.12. The number of thiophene rings is 1. The Kier molecular flexibility index (Phi) is 3.63. The number of nitrogens with one attached hydrogen (secondary N) is 1. The zero-order chi connectivity index (χ0) is 12.3. The summed E-state index contributed by atoms with van der Waals surface area (Å²) in [6.45, 7) is 0.875. The third-order valence-corrected chi connectivity index (χ3v) is 3.42. The molecule has 2 aromatic rings. The van der Waals surface area contributed by atoms with Gasteiger partial charge in [0.2, 0.25) is 11.9 Å². The van der Waals surface area contributed by atoms with Crippen LogP contribution in [0, 0.1) is 0 Å². The number of rotatable bonds is 5. The van der Waals surface area contributed by atoms with Crippen molar-refractivity contribution >= 4 is 23.2 Å². The molecule has 0 aliphatic heterocycles. The minimum Gasteiger partial charge on any atom is -0.354 e. The van der Waals surface area contributed by atoms with E-state index < -0.39 is 0 Å². The van der Waals surface area contributed by atoms with Crippen LogP contribution in [0.1, 0.15) is 4.88 Å². The summed E-state index contributed by atoms with van der Waals surface area (Å²) in [5.74, 6) is 1.66. The summed E-state index contributed by atoms with van der Waals surface area (Å²) >= 11 is 1.78. The lowest BCUT2D eigenvalue weighted by Crippen LogP contribution is -2.15. The molecule has 0 atom stereocenters. The lowest BCUT2D eigenvalue weighted by atomic mass is 10.3. The van der Waals surface area contributed by atoms with Crippen molar-refractivity contribution in [3.8, 4) is 0 Å². The average Bonchev–Trinajstić information content (AvgIpc) is 2.89. The van der Waals surface area contributed by atoms with Crippen molar-refractivity contribution in [2.24, 2.45) is 7.05 Å². The minimum atomic E-state index is 0.810. The fourth-order valence-corrected chi connectivity index (χ4v) is 2.33. The lowest BCUT2D eigenvalue weighted by molar-refractivity contribution is 0.860. The van der Waals surface area contributed by atoms with Gasteiger partial charge in [0, 0.05) is 32.6 Å². The zero-order valence-corrected chi connectivity index (χ0v) is 11.2. The Balaban J connectivity index is 1.91. The minimum absolute atomic E-state index is 0.810. The number of hydrogen-bond acceptors (Lipinski definition) is 5. The van der Waals surface area contributed by atoms with Gasteiger partial charge in [-0.2, -0.15) is 0 Å². The maximum Gasteiger partial charge on any atom is 0.227 e. The van der Waals surface area contributed by atoms with Crippen LogP contribution in [0.5, 0.6) is 0 Å². The number of anilines is 2. The van der Waals surface area contributed by atoms with Gasteiger partial charge in [-0.1, -0.05) is 6.07 Å². The molecule has 0 unspecified atom stereocenters. The van der Waals surface area contributed by atoms with E-state index in [1.54, 1.807) is 11.3 Å². The molecular formula is C11H17N5S. The summed E-state index contributed by atoms with van der Waals surface area (Å²) in [4.78, 5) is 3.32. The Morgan fingerprint density at radius 2 is 2.24 bits per heavy atom. The SMILES string of the molecule is CN(C)c1nnc(NCCc2cccs2)n1C. The molecule has 2 rings (SSSR count). The molecular weight excluding hydrogens is 234 g/mol. The van der Waals surface area contributed by atoms with E-state index in [1.165, 1.54) is 4.88 Å². The number of aromatic nitrogens is 3. The van der Waals surface area contributed by atoms with Crippen molar-refractivity contribution in [3.05, 3.63) is 22.4 Å². The van der Waals surface area contributed by atoms with Crippen molar-refractivity contribution in [2.45, 2.75) is 6.42 Å². The van der Waals surface area contributed by atoms with Gasteiger partial charge >= 0.3 is 0 Å². The summed E-state index contributed by atoms with van der Waals surface area (Å²) < 4.78 is 1.95. The van der Waals surface area contributed by atoms with E-state index in [4.69, 9.17) is 0 Å². The third-order valence-electron chi connectivity index (χ3n) is 2.49. The number of nitrogens with zero attached hydrogens (tertiary/aromatic N) is 4. The highest BCUT2D eigenvalue weighted by Gasteiger charge is 2.08. The topological polar surface area (TPSA) is 46.0 Å². The lowest BCUT2D eigenvalue weighted by Gasteiger charge is -2.11. The summed E-state index contributed by atoms with van der Waals surface area (Å²) in [6, 6.07) is 4.22. The van der Waals surface area contributed by atoms with Crippen molar-refractivity contribution in [1.29, 1.82) is 0 Å². The second-order valence-corrected chi connectivity index (χ2v) is 5.07. The van der Waals surface area contributed by atoms with Gasteiger partial charge in [0.15, 0.2) is 0 Å². The molecule has 0 fully saturated rings. The van der Waals surface area contributed by atoms with Crippen LogP contribution in [-0.4, -0.2) is 35.4 Å². The predicted molar refractivity (Wildman–Crippen MR) is 71.8 cm³/mol. The Morgan fingerprint density at radius 3 is 2.82 bits per heavy atom. The second-order valence-electron chi connectivity index (χ2n) is 4.03. The largest absolute Gasteiger partial charge is 0.354 e. The van der Waals surface area contributed by atoms with Crippen LogP contribution < -0.4 is 10.2 Å².